The number of hydrogen-bond acceptors (Lipinski definition) is 6. The Morgan fingerprint density at radius 2 is 1.43 bits per heavy atom. The number of halogens is 7. The highest BCUT2D eigenvalue weighted by Gasteiger charge is 2.67. The maximum Gasteiger partial charge on any atom is 0.512 e. The first-order chi connectivity index (χ1) is 12.4. The molecule has 0 bridgehead atoms. The smallest absolute Gasteiger partial charge is 0.340 e. The molecule has 28 heavy (non-hydrogen) atoms. The first-order valence-electron chi connectivity index (χ1n) is 7.07. The second kappa shape index (κ2) is 8.11. The van der Waals surface area contributed by atoms with E-state index in [-0.39, 0.29) is 17.4 Å². The average Bonchev–Trinajstić information content (AvgIpc) is 2.53. The molecule has 1 rings (SSSR count). The third-order valence-corrected chi connectivity index (χ3v) is 7.96. The van der Waals surface area contributed by atoms with Crippen molar-refractivity contribution in [3.63, 3.8) is 0 Å². The summed E-state index contributed by atoms with van der Waals surface area (Å²) in [7, 11) is -12.1. The Kier molecular flexibility index (Phi) is 7.30. The van der Waals surface area contributed by atoms with Crippen molar-refractivity contribution in [3.8, 4) is 0 Å². The van der Waals surface area contributed by atoms with E-state index in [0.29, 0.717) is 4.13 Å². The number of sulfonamides is 2. The lowest BCUT2D eigenvalue weighted by Gasteiger charge is -2.36. The van der Waals surface area contributed by atoms with Crippen LogP contribution in [0.25, 0.3) is 0 Å². The fourth-order valence-electron chi connectivity index (χ4n) is 1.92. The number of amides is 1. The lowest BCUT2D eigenvalue weighted by Crippen LogP contribution is -2.59. The molecule has 0 unspecified atom stereocenters. The summed E-state index contributed by atoms with van der Waals surface area (Å²) in [5.74, 6) is -8.19. The van der Waals surface area contributed by atoms with Crippen molar-refractivity contribution < 1.29 is 52.4 Å². The molecule has 166 valence electrons. The topological polar surface area (TPSA) is 104 Å². The molecule has 0 aromatic rings. The second-order valence-electron chi connectivity index (χ2n) is 5.45. The Bertz CT molecular complexity index is 792. The summed E-state index contributed by atoms with van der Waals surface area (Å²) in [5.41, 5.74) is -5.87. The lowest BCUT2D eigenvalue weighted by atomic mass is 10.3. The van der Waals surface area contributed by atoms with Crippen LogP contribution in [0.1, 0.15) is 6.92 Å². The predicted molar refractivity (Wildman–Crippen MR) is 83.2 cm³/mol. The van der Waals surface area contributed by atoms with Gasteiger partial charge in [-0.15, -0.1) is 0 Å². The van der Waals surface area contributed by atoms with Gasteiger partial charge in [-0.2, -0.15) is 39.2 Å². The van der Waals surface area contributed by atoms with Gasteiger partial charge in [0.2, 0.25) is 5.91 Å². The largest absolute Gasteiger partial charge is 0.512 e. The minimum Gasteiger partial charge on any atom is -0.340 e. The molecule has 1 fully saturated rings. The fraction of sp³-hybridized carbons (Fsp3) is 0.900. The van der Waals surface area contributed by atoms with Gasteiger partial charge in [-0.05, 0) is 0 Å². The summed E-state index contributed by atoms with van der Waals surface area (Å²) in [6.07, 6.45) is 0. The van der Waals surface area contributed by atoms with Crippen molar-refractivity contribution in [2.24, 2.45) is 0 Å². The number of alkyl halides is 7. The normalized spacial score (nSPS) is 18.4. The summed E-state index contributed by atoms with van der Waals surface area (Å²) in [6, 6.07) is 0. The molecule has 1 heterocycles. The van der Waals surface area contributed by atoms with Crippen LogP contribution in [0.15, 0.2) is 0 Å². The third kappa shape index (κ3) is 5.00. The van der Waals surface area contributed by atoms with Gasteiger partial charge in [0, 0.05) is 33.1 Å². The maximum absolute atomic E-state index is 14.0. The monoisotopic (exact) mass is 485 g/mol. The molecule has 0 saturated carbocycles. The van der Waals surface area contributed by atoms with Crippen LogP contribution in [0.3, 0.4) is 0 Å². The highest BCUT2D eigenvalue weighted by molar-refractivity contribution is 8.09. The number of hydrogen-bond donors (Lipinski definition) is 1. The second-order valence-corrected chi connectivity index (χ2v) is 10.1. The number of nitrogens with zero attached hydrogens (tertiary/aromatic N) is 2. The molecule has 8 nitrogen and oxygen atoms in total. The SMILES string of the molecule is CC(=O)N1CCN(S(=O)(=O)C(F)(F)C(F)(F)CSNS(=O)(=O)C(F)(F)F)CC1. The number of piperazine rings is 1. The van der Waals surface area contributed by atoms with Gasteiger partial charge in [-0.3, -0.25) is 4.79 Å². The molecule has 1 amide bonds. The van der Waals surface area contributed by atoms with Gasteiger partial charge in [0.15, 0.2) is 0 Å². The Labute approximate surface area is 159 Å². The molecule has 0 aromatic heterocycles. The number of carbonyl (C=O) groups is 1. The van der Waals surface area contributed by atoms with Crippen LogP contribution in [-0.4, -0.2) is 80.6 Å². The van der Waals surface area contributed by atoms with Crippen molar-refractivity contribution in [3.05, 3.63) is 0 Å². The van der Waals surface area contributed by atoms with E-state index in [2.05, 4.69) is 0 Å². The van der Waals surface area contributed by atoms with E-state index >= 15 is 0 Å². The lowest BCUT2D eigenvalue weighted by molar-refractivity contribution is -0.143. The van der Waals surface area contributed by atoms with Crippen LogP contribution in [0, 0.1) is 0 Å². The molecule has 1 aliphatic rings. The highest BCUT2D eigenvalue weighted by Crippen LogP contribution is 2.42. The molecule has 1 N–H and O–H groups in total. The Morgan fingerprint density at radius 3 is 1.82 bits per heavy atom. The van der Waals surface area contributed by atoms with Crippen molar-refractivity contribution in [1.29, 1.82) is 0 Å². The Balaban J connectivity index is 2.89. The first-order valence-corrected chi connectivity index (χ1v) is 11.0. The van der Waals surface area contributed by atoms with E-state index in [1.54, 1.807) is 0 Å². The van der Waals surface area contributed by atoms with Crippen LogP contribution in [0.2, 0.25) is 0 Å². The van der Waals surface area contributed by atoms with Crippen molar-refractivity contribution in [2.75, 3.05) is 31.9 Å². The minimum atomic E-state index is -6.10. The summed E-state index contributed by atoms with van der Waals surface area (Å²) in [6.45, 7) is -0.901. The van der Waals surface area contributed by atoms with Gasteiger partial charge >= 0.3 is 26.7 Å². The van der Waals surface area contributed by atoms with Crippen LogP contribution < -0.4 is 4.13 Å². The van der Waals surface area contributed by atoms with Crippen LogP contribution in [-0.2, 0) is 24.8 Å². The summed E-state index contributed by atoms with van der Waals surface area (Å²) in [4.78, 5) is 12.2. The van der Waals surface area contributed by atoms with Crippen molar-refractivity contribution >= 4 is 37.9 Å². The zero-order valence-electron chi connectivity index (χ0n) is 13.8. The Hall–Kier alpha value is -0.850. The third-order valence-electron chi connectivity index (χ3n) is 3.50. The zero-order chi connectivity index (χ0) is 22.2. The van der Waals surface area contributed by atoms with E-state index in [0.717, 1.165) is 11.8 Å². The van der Waals surface area contributed by atoms with Crippen LogP contribution in [0.4, 0.5) is 30.7 Å². The molecule has 18 heteroatoms. The standard InChI is InChI=1S/C10H14F7N3O5S3/c1-7(21)19-2-4-20(5-3-19)28(24,25)9(13,14)8(11,12)6-26-18-27(22,23)10(15,16)17/h18H,2-6H2,1H3. The molecular formula is C10H14F7N3O5S3. The predicted octanol–water partition coefficient (Wildman–Crippen LogP) is 0.796. The van der Waals surface area contributed by atoms with Gasteiger partial charge in [0.05, 0.1) is 5.75 Å². The molecule has 1 saturated heterocycles. The molecule has 1 aliphatic heterocycles. The molecular weight excluding hydrogens is 471 g/mol. The van der Waals surface area contributed by atoms with E-state index in [1.807, 2.05) is 0 Å². The Morgan fingerprint density at radius 1 is 0.964 bits per heavy atom. The molecule has 0 aliphatic carbocycles. The summed E-state index contributed by atoms with van der Waals surface area (Å²) in [5, 5.41) is -5.74. The van der Waals surface area contributed by atoms with Gasteiger partial charge in [0.1, 0.15) is 0 Å². The first kappa shape index (κ1) is 25.2. The maximum atomic E-state index is 14.0. The zero-order valence-corrected chi connectivity index (χ0v) is 16.3. The van der Waals surface area contributed by atoms with Gasteiger partial charge < -0.3 is 4.90 Å². The van der Waals surface area contributed by atoms with E-state index < -0.39 is 73.4 Å². The average molecular weight is 485 g/mol. The van der Waals surface area contributed by atoms with Crippen LogP contribution >= 0.6 is 11.9 Å². The van der Waals surface area contributed by atoms with Gasteiger partial charge in [-0.1, -0.05) is 11.9 Å². The quantitative estimate of drug-likeness (QED) is 0.423. The summed E-state index contributed by atoms with van der Waals surface area (Å²) >= 11 is -0.936. The van der Waals surface area contributed by atoms with Gasteiger partial charge in [0.25, 0.3) is 10.0 Å². The molecule has 0 aromatic carbocycles. The van der Waals surface area contributed by atoms with E-state index in [9.17, 15) is 52.4 Å². The highest BCUT2D eigenvalue weighted by atomic mass is 32.3. The molecule has 0 radical (unpaired) electrons. The molecule has 0 atom stereocenters. The number of nitrogens with one attached hydrogen (secondary N) is 1. The number of rotatable bonds is 7. The van der Waals surface area contributed by atoms with E-state index in [4.69, 9.17) is 0 Å². The minimum absolute atomic E-state index is 0.0326. The van der Waals surface area contributed by atoms with Gasteiger partial charge in [-0.25, -0.2) is 16.8 Å². The van der Waals surface area contributed by atoms with Crippen LogP contribution in [0.5, 0.6) is 0 Å². The summed E-state index contributed by atoms with van der Waals surface area (Å²) < 4.78 is 138. The van der Waals surface area contributed by atoms with E-state index in [1.165, 1.54) is 0 Å². The number of carbonyl (C=O) groups excluding carboxylic acids is 1. The molecule has 0 spiro atoms. The fourth-order valence-corrected chi connectivity index (χ4v) is 5.03. The van der Waals surface area contributed by atoms with Crippen molar-refractivity contribution in [1.82, 2.24) is 13.3 Å². The van der Waals surface area contributed by atoms with Crippen molar-refractivity contribution in [2.45, 2.75) is 23.6 Å².